The van der Waals surface area contributed by atoms with Crippen molar-refractivity contribution in [3.63, 3.8) is 0 Å². The van der Waals surface area contributed by atoms with Crippen LogP contribution < -0.4 is 10.6 Å². The number of benzene rings is 1. The summed E-state index contributed by atoms with van der Waals surface area (Å²) in [7, 11) is -0.816. The maximum absolute atomic E-state index is 12.9. The number of hydrogen-bond acceptors (Lipinski definition) is 4. The van der Waals surface area contributed by atoms with Gasteiger partial charge in [0.1, 0.15) is 6.04 Å². The van der Waals surface area contributed by atoms with Crippen molar-refractivity contribution < 1.29 is 14.3 Å². The van der Waals surface area contributed by atoms with E-state index in [0.717, 1.165) is 18.5 Å². The molecule has 1 heterocycles. The number of ether oxygens (including phenoxy) is 1. The van der Waals surface area contributed by atoms with E-state index >= 15 is 0 Å². The first-order valence-electron chi connectivity index (χ1n) is 9.14. The second kappa shape index (κ2) is 9.77. The number of nitriles is 1. The van der Waals surface area contributed by atoms with Gasteiger partial charge in [0, 0.05) is 31.7 Å². The molecule has 6 nitrogen and oxygen atoms in total. The van der Waals surface area contributed by atoms with Gasteiger partial charge in [0.15, 0.2) is 0 Å². The smallest absolute Gasteiger partial charge is 0.247 e. The van der Waals surface area contributed by atoms with E-state index in [1.807, 2.05) is 30.3 Å². The van der Waals surface area contributed by atoms with Crippen LogP contribution in [0.2, 0.25) is 0 Å². The standard InChI is InChI=1S/C20H29N3O3S/c1-27(2,3)17-8-6-16(7-9-17)22-20(25)19(15-10-13-26-14-11-15)23-18(24)5-4-12-21/h6-9,15,19H,4-5,10-11,13-14H2,1-3H3,(H,22,25)(H,23,24). The first-order valence-corrected chi connectivity index (χ1v) is 12.0. The maximum atomic E-state index is 12.9. The molecular weight excluding hydrogens is 362 g/mol. The van der Waals surface area contributed by atoms with E-state index in [0.29, 0.717) is 13.2 Å². The third-order valence-electron chi connectivity index (χ3n) is 4.63. The van der Waals surface area contributed by atoms with E-state index in [-0.39, 0.29) is 30.6 Å². The number of hydrogen-bond donors (Lipinski definition) is 2. The number of nitrogens with zero attached hydrogens (tertiary/aromatic N) is 1. The van der Waals surface area contributed by atoms with Gasteiger partial charge in [-0.3, -0.25) is 9.59 Å². The molecule has 1 aromatic rings. The van der Waals surface area contributed by atoms with Gasteiger partial charge in [-0.05, 0) is 66.7 Å². The van der Waals surface area contributed by atoms with Gasteiger partial charge >= 0.3 is 0 Å². The molecule has 1 atom stereocenters. The second-order valence-electron chi connectivity index (χ2n) is 7.50. The van der Waals surface area contributed by atoms with Gasteiger partial charge < -0.3 is 15.4 Å². The topological polar surface area (TPSA) is 91.2 Å². The summed E-state index contributed by atoms with van der Waals surface area (Å²) in [5, 5.41) is 14.4. The zero-order valence-electron chi connectivity index (χ0n) is 16.3. The molecule has 2 rings (SSSR count). The van der Waals surface area contributed by atoms with Crippen LogP contribution in [0.3, 0.4) is 0 Å². The molecular formula is C20H29N3O3S. The van der Waals surface area contributed by atoms with Gasteiger partial charge in [0.05, 0.1) is 6.07 Å². The van der Waals surface area contributed by atoms with E-state index in [1.165, 1.54) is 4.90 Å². The highest BCUT2D eigenvalue weighted by atomic mass is 32.3. The molecule has 1 fully saturated rings. The van der Waals surface area contributed by atoms with Crippen LogP contribution in [0.15, 0.2) is 29.2 Å². The van der Waals surface area contributed by atoms with Gasteiger partial charge in [-0.25, -0.2) is 10.0 Å². The molecule has 1 aromatic carbocycles. The number of rotatable bonds is 7. The highest BCUT2D eigenvalue weighted by molar-refractivity contribution is 8.32. The van der Waals surface area contributed by atoms with Crippen LogP contribution in [0.25, 0.3) is 0 Å². The maximum Gasteiger partial charge on any atom is 0.247 e. The Kier molecular flexibility index (Phi) is 7.69. The lowest BCUT2D eigenvalue weighted by Gasteiger charge is -2.30. The molecule has 0 aliphatic carbocycles. The third-order valence-corrected chi connectivity index (χ3v) is 6.32. The number of carbonyl (C=O) groups excluding carboxylic acids is 2. The number of nitrogens with one attached hydrogen (secondary N) is 2. The zero-order chi connectivity index (χ0) is 19.9. The molecule has 0 bridgehead atoms. The molecule has 1 aliphatic rings. The molecule has 1 unspecified atom stereocenters. The first-order chi connectivity index (χ1) is 12.8. The molecule has 1 saturated heterocycles. The van der Waals surface area contributed by atoms with E-state index in [1.54, 1.807) is 0 Å². The van der Waals surface area contributed by atoms with Crippen LogP contribution in [-0.4, -0.2) is 49.8 Å². The summed E-state index contributed by atoms with van der Waals surface area (Å²) in [6.45, 7) is 1.18. The van der Waals surface area contributed by atoms with Crippen molar-refractivity contribution >= 4 is 27.5 Å². The van der Waals surface area contributed by atoms with Crippen molar-refractivity contribution in [2.24, 2.45) is 5.92 Å². The van der Waals surface area contributed by atoms with E-state index in [2.05, 4.69) is 29.4 Å². The average molecular weight is 392 g/mol. The van der Waals surface area contributed by atoms with Crippen LogP contribution in [0.1, 0.15) is 25.7 Å². The van der Waals surface area contributed by atoms with Crippen molar-refractivity contribution in [3.8, 4) is 6.07 Å². The lowest BCUT2D eigenvalue weighted by atomic mass is 9.90. The molecule has 2 N–H and O–H groups in total. The predicted octanol–water partition coefficient (Wildman–Crippen LogP) is 2.89. The highest BCUT2D eigenvalue weighted by Gasteiger charge is 2.31. The van der Waals surface area contributed by atoms with Crippen LogP contribution in [-0.2, 0) is 14.3 Å². The van der Waals surface area contributed by atoms with Gasteiger partial charge in [0.25, 0.3) is 0 Å². The normalized spacial score (nSPS) is 16.8. The predicted molar refractivity (Wildman–Crippen MR) is 109 cm³/mol. The van der Waals surface area contributed by atoms with Gasteiger partial charge in [-0.15, -0.1) is 0 Å². The summed E-state index contributed by atoms with van der Waals surface area (Å²) < 4.78 is 5.38. The molecule has 0 saturated carbocycles. The molecule has 0 aromatic heterocycles. The second-order valence-corrected chi connectivity index (χ2v) is 11.6. The van der Waals surface area contributed by atoms with Gasteiger partial charge in [0.2, 0.25) is 11.8 Å². The highest BCUT2D eigenvalue weighted by Crippen LogP contribution is 2.45. The Balaban J connectivity index is 2.08. The Morgan fingerprint density at radius 3 is 2.41 bits per heavy atom. The van der Waals surface area contributed by atoms with Crippen LogP contribution in [0.5, 0.6) is 0 Å². The average Bonchev–Trinajstić information content (AvgIpc) is 2.64. The molecule has 148 valence electrons. The molecule has 2 amide bonds. The number of anilines is 1. The van der Waals surface area contributed by atoms with Gasteiger partial charge in [-0.1, -0.05) is 0 Å². The Hall–Kier alpha value is -2.04. The summed E-state index contributed by atoms with van der Waals surface area (Å²) in [5.41, 5.74) is 0.718. The van der Waals surface area contributed by atoms with Crippen LogP contribution in [0, 0.1) is 17.2 Å². The SMILES string of the molecule is CS(C)(C)c1ccc(NC(=O)C(NC(=O)CCC#N)C2CCOCC2)cc1. The lowest BCUT2D eigenvalue weighted by Crippen LogP contribution is -2.49. The lowest BCUT2D eigenvalue weighted by molar-refractivity contribution is -0.128. The van der Waals surface area contributed by atoms with Gasteiger partial charge in [-0.2, -0.15) is 5.26 Å². The molecule has 0 spiro atoms. The van der Waals surface area contributed by atoms with Crippen LogP contribution in [0.4, 0.5) is 5.69 Å². The Bertz CT molecular complexity index is 686. The first kappa shape index (κ1) is 21.3. The minimum Gasteiger partial charge on any atom is -0.381 e. The van der Waals surface area contributed by atoms with Crippen molar-refractivity contribution in [2.75, 3.05) is 37.3 Å². The number of amides is 2. The molecule has 7 heteroatoms. The summed E-state index contributed by atoms with van der Waals surface area (Å²) >= 11 is 0. The summed E-state index contributed by atoms with van der Waals surface area (Å²) in [6, 6.07) is 9.24. The Labute approximate surface area is 163 Å². The summed E-state index contributed by atoms with van der Waals surface area (Å²) in [5.74, 6) is -0.457. The largest absolute Gasteiger partial charge is 0.381 e. The monoisotopic (exact) mass is 391 g/mol. The summed E-state index contributed by atoms with van der Waals surface area (Å²) in [6.07, 6.45) is 8.36. The Morgan fingerprint density at radius 1 is 1.22 bits per heavy atom. The summed E-state index contributed by atoms with van der Waals surface area (Å²) in [4.78, 5) is 26.2. The van der Waals surface area contributed by atoms with Crippen molar-refractivity contribution in [3.05, 3.63) is 24.3 Å². The quantitative estimate of drug-likeness (QED) is 0.748. The minimum absolute atomic E-state index is 0.0306. The minimum atomic E-state index is -0.816. The molecule has 27 heavy (non-hydrogen) atoms. The van der Waals surface area contributed by atoms with Crippen molar-refractivity contribution in [1.82, 2.24) is 5.32 Å². The Morgan fingerprint density at radius 2 is 1.85 bits per heavy atom. The third kappa shape index (κ3) is 6.56. The van der Waals surface area contributed by atoms with Crippen molar-refractivity contribution in [1.29, 1.82) is 5.26 Å². The van der Waals surface area contributed by atoms with Crippen molar-refractivity contribution in [2.45, 2.75) is 36.6 Å². The zero-order valence-corrected chi connectivity index (χ0v) is 17.1. The molecule has 0 radical (unpaired) electrons. The number of carbonyl (C=O) groups is 2. The van der Waals surface area contributed by atoms with E-state index < -0.39 is 16.1 Å². The molecule has 1 aliphatic heterocycles. The van der Waals surface area contributed by atoms with E-state index in [4.69, 9.17) is 10.00 Å². The van der Waals surface area contributed by atoms with E-state index in [9.17, 15) is 9.59 Å². The fourth-order valence-electron chi connectivity index (χ4n) is 3.03. The fourth-order valence-corrected chi connectivity index (χ4v) is 3.98. The van der Waals surface area contributed by atoms with Crippen LogP contribution >= 0.6 is 10.0 Å². The fraction of sp³-hybridized carbons (Fsp3) is 0.550.